The maximum absolute atomic E-state index is 12.8. The zero-order valence-corrected chi connectivity index (χ0v) is 7.29. The predicted octanol–water partition coefficient (Wildman–Crippen LogP) is 2.98. The van der Waals surface area contributed by atoms with Gasteiger partial charge in [-0.3, -0.25) is 4.79 Å². The summed E-state index contributed by atoms with van der Waals surface area (Å²) in [6.07, 6.45) is 0. The molecule has 14 heavy (non-hydrogen) atoms. The van der Waals surface area contributed by atoms with Gasteiger partial charge in [-0.25, -0.2) is 8.78 Å². The third-order valence-corrected chi connectivity index (χ3v) is 1.60. The molecule has 1 aromatic rings. The Labute approximate surface area is 81.3 Å². The molecule has 0 atom stereocenters. The van der Waals surface area contributed by atoms with Crippen molar-refractivity contribution in [1.82, 2.24) is 0 Å². The molecule has 0 aliphatic carbocycles. The van der Waals surface area contributed by atoms with E-state index in [1.807, 2.05) is 0 Å². The van der Waals surface area contributed by atoms with Gasteiger partial charge in [0.25, 0.3) is 5.78 Å². The van der Waals surface area contributed by atoms with Gasteiger partial charge in [0.1, 0.15) is 11.6 Å². The zero-order chi connectivity index (χ0) is 10.9. The van der Waals surface area contributed by atoms with Crippen LogP contribution in [0.4, 0.5) is 17.6 Å². The van der Waals surface area contributed by atoms with Crippen LogP contribution in [0.1, 0.15) is 10.4 Å². The average molecular weight is 227 g/mol. The number of hydrogen-bond donors (Lipinski definition) is 0. The maximum Gasteiger partial charge on any atom is 0.385 e. The molecule has 1 nitrogen and oxygen atoms in total. The highest BCUT2D eigenvalue weighted by Crippen LogP contribution is 2.25. The molecule has 0 spiro atoms. The van der Waals surface area contributed by atoms with Crippen molar-refractivity contribution in [2.24, 2.45) is 0 Å². The second-order valence-corrected chi connectivity index (χ2v) is 2.93. The van der Waals surface area contributed by atoms with Gasteiger partial charge in [-0.2, -0.15) is 8.78 Å². The van der Waals surface area contributed by atoms with Crippen LogP contribution in [0.15, 0.2) is 18.2 Å². The molecule has 0 saturated heterocycles. The van der Waals surface area contributed by atoms with Gasteiger partial charge in [0.15, 0.2) is 0 Å². The molecule has 0 aliphatic rings. The maximum atomic E-state index is 12.8. The minimum atomic E-state index is -4.18. The van der Waals surface area contributed by atoms with E-state index in [9.17, 15) is 22.4 Å². The van der Waals surface area contributed by atoms with Crippen molar-refractivity contribution >= 4 is 17.4 Å². The molecule has 0 saturated carbocycles. The molecule has 6 heteroatoms. The Hall–Kier alpha value is -1.10. The SMILES string of the molecule is O=C(c1ccc(F)cc1F)C(F)(F)Cl. The quantitative estimate of drug-likeness (QED) is 0.430. The Morgan fingerprint density at radius 1 is 1.29 bits per heavy atom. The molecule has 1 aromatic carbocycles. The van der Waals surface area contributed by atoms with Gasteiger partial charge in [-0.05, 0) is 23.7 Å². The van der Waals surface area contributed by atoms with Gasteiger partial charge >= 0.3 is 5.38 Å². The molecule has 0 aliphatic heterocycles. The molecule has 0 bridgehead atoms. The Morgan fingerprint density at radius 2 is 1.86 bits per heavy atom. The van der Waals surface area contributed by atoms with Crippen molar-refractivity contribution in [3.8, 4) is 0 Å². The first-order valence-corrected chi connectivity index (χ1v) is 3.77. The second-order valence-electron chi connectivity index (χ2n) is 2.45. The summed E-state index contributed by atoms with van der Waals surface area (Å²) in [5.74, 6) is -4.22. The smallest absolute Gasteiger partial charge is 0.286 e. The third kappa shape index (κ3) is 2.23. The Morgan fingerprint density at radius 3 is 2.29 bits per heavy atom. The lowest BCUT2D eigenvalue weighted by Crippen LogP contribution is -2.22. The van der Waals surface area contributed by atoms with E-state index in [1.165, 1.54) is 0 Å². The van der Waals surface area contributed by atoms with Crippen LogP contribution >= 0.6 is 11.6 Å². The lowest BCUT2D eigenvalue weighted by atomic mass is 10.1. The summed E-state index contributed by atoms with van der Waals surface area (Å²) in [7, 11) is 0. The Bertz CT molecular complexity index is 372. The molecule has 1 rings (SSSR count). The van der Waals surface area contributed by atoms with Crippen LogP contribution in [0.3, 0.4) is 0 Å². The summed E-state index contributed by atoms with van der Waals surface area (Å²) in [6, 6.07) is 1.64. The van der Waals surface area contributed by atoms with E-state index >= 15 is 0 Å². The number of halogens is 5. The highest BCUT2D eigenvalue weighted by molar-refractivity contribution is 6.35. The number of alkyl halides is 3. The average Bonchev–Trinajstić information content (AvgIpc) is 2.01. The van der Waals surface area contributed by atoms with E-state index in [0.29, 0.717) is 18.2 Å². The topological polar surface area (TPSA) is 17.1 Å². The molecule has 76 valence electrons. The van der Waals surface area contributed by atoms with Crippen LogP contribution in [-0.2, 0) is 0 Å². The van der Waals surface area contributed by atoms with E-state index in [2.05, 4.69) is 11.6 Å². The zero-order valence-electron chi connectivity index (χ0n) is 6.53. The number of benzene rings is 1. The Balaban J connectivity index is 3.15. The van der Waals surface area contributed by atoms with E-state index in [1.54, 1.807) is 0 Å². The van der Waals surface area contributed by atoms with Crippen molar-refractivity contribution in [3.63, 3.8) is 0 Å². The second kappa shape index (κ2) is 3.57. The normalized spacial score (nSPS) is 11.5. The van der Waals surface area contributed by atoms with Gasteiger partial charge in [-0.15, -0.1) is 0 Å². The summed E-state index contributed by atoms with van der Waals surface area (Å²) in [5.41, 5.74) is -0.939. The number of carbonyl (C=O) groups is 1. The van der Waals surface area contributed by atoms with Crippen molar-refractivity contribution in [2.45, 2.75) is 5.38 Å². The Kier molecular flexibility index (Phi) is 2.80. The molecule has 0 aromatic heterocycles. The lowest BCUT2D eigenvalue weighted by molar-refractivity contribution is 0.0531. The van der Waals surface area contributed by atoms with Gasteiger partial charge in [0, 0.05) is 6.07 Å². The fraction of sp³-hybridized carbons (Fsp3) is 0.125. The molecule has 0 amide bonds. The van der Waals surface area contributed by atoms with Crippen molar-refractivity contribution in [2.75, 3.05) is 0 Å². The summed E-state index contributed by atoms with van der Waals surface area (Å²) in [6.45, 7) is 0. The van der Waals surface area contributed by atoms with Crippen LogP contribution < -0.4 is 0 Å². The van der Waals surface area contributed by atoms with E-state index in [4.69, 9.17) is 0 Å². The summed E-state index contributed by atoms with van der Waals surface area (Å²) >= 11 is 4.39. The number of hydrogen-bond acceptors (Lipinski definition) is 1. The van der Waals surface area contributed by atoms with E-state index < -0.39 is 28.4 Å². The highest BCUT2D eigenvalue weighted by atomic mass is 35.5. The minimum Gasteiger partial charge on any atom is -0.286 e. The van der Waals surface area contributed by atoms with Gasteiger partial charge in [0.05, 0.1) is 5.56 Å². The fourth-order valence-electron chi connectivity index (χ4n) is 0.826. The first-order valence-electron chi connectivity index (χ1n) is 3.39. The molecule has 0 fully saturated rings. The monoisotopic (exact) mass is 226 g/mol. The highest BCUT2D eigenvalue weighted by Gasteiger charge is 2.38. The summed E-state index contributed by atoms with van der Waals surface area (Å²) in [5, 5.41) is -4.18. The third-order valence-electron chi connectivity index (χ3n) is 1.43. The number of carbonyl (C=O) groups excluding carboxylic acids is 1. The van der Waals surface area contributed by atoms with Gasteiger partial charge < -0.3 is 0 Å². The number of Topliss-reactive ketones (excluding diaryl/α,β-unsaturated/α-hetero) is 1. The van der Waals surface area contributed by atoms with E-state index in [0.717, 1.165) is 0 Å². The largest absolute Gasteiger partial charge is 0.385 e. The standard InChI is InChI=1S/C8H3ClF4O/c9-8(12,13)7(14)5-2-1-4(10)3-6(5)11/h1-3H. The van der Waals surface area contributed by atoms with Crippen molar-refractivity contribution < 1.29 is 22.4 Å². The van der Waals surface area contributed by atoms with Crippen molar-refractivity contribution in [3.05, 3.63) is 35.4 Å². The van der Waals surface area contributed by atoms with Gasteiger partial charge in [-0.1, -0.05) is 0 Å². The first kappa shape index (κ1) is 11.0. The minimum absolute atomic E-state index is 0.329. The van der Waals surface area contributed by atoms with Crippen LogP contribution in [0.25, 0.3) is 0 Å². The molecular formula is C8H3ClF4O. The van der Waals surface area contributed by atoms with Crippen LogP contribution in [0, 0.1) is 11.6 Å². The van der Waals surface area contributed by atoms with Crippen molar-refractivity contribution in [1.29, 1.82) is 0 Å². The fourth-order valence-corrected chi connectivity index (χ4v) is 0.928. The number of rotatable bonds is 2. The van der Waals surface area contributed by atoms with Crippen LogP contribution in [-0.4, -0.2) is 11.2 Å². The predicted molar refractivity (Wildman–Crippen MR) is 41.5 cm³/mol. The van der Waals surface area contributed by atoms with Crippen LogP contribution in [0.2, 0.25) is 0 Å². The summed E-state index contributed by atoms with van der Waals surface area (Å²) < 4.78 is 49.6. The molecule has 0 unspecified atom stereocenters. The summed E-state index contributed by atoms with van der Waals surface area (Å²) in [4.78, 5) is 10.8. The number of ketones is 1. The molecule has 0 radical (unpaired) electrons. The van der Waals surface area contributed by atoms with Gasteiger partial charge in [0.2, 0.25) is 0 Å². The van der Waals surface area contributed by atoms with Crippen LogP contribution in [0.5, 0.6) is 0 Å². The van der Waals surface area contributed by atoms with E-state index in [-0.39, 0.29) is 0 Å². The molecule has 0 heterocycles. The first-order chi connectivity index (χ1) is 6.32. The molecular weight excluding hydrogens is 224 g/mol. The molecule has 0 N–H and O–H groups in total. The lowest BCUT2D eigenvalue weighted by Gasteiger charge is -2.06.